The van der Waals surface area contributed by atoms with E-state index in [1.165, 1.54) is 12.1 Å². The van der Waals surface area contributed by atoms with Gasteiger partial charge in [-0.15, -0.1) is 0 Å². The van der Waals surface area contributed by atoms with Crippen molar-refractivity contribution < 1.29 is 19.4 Å². The van der Waals surface area contributed by atoms with Crippen LogP contribution in [-0.2, 0) is 11.3 Å². The molecule has 0 aromatic heterocycles. The first-order valence-corrected chi connectivity index (χ1v) is 7.32. The summed E-state index contributed by atoms with van der Waals surface area (Å²) in [5.74, 6) is -0.900. The van der Waals surface area contributed by atoms with E-state index >= 15 is 0 Å². The van der Waals surface area contributed by atoms with Gasteiger partial charge in [0.25, 0.3) is 0 Å². The largest absolute Gasteiger partial charge is 0.478 e. The molecule has 0 unspecified atom stereocenters. The first-order chi connectivity index (χ1) is 11.0. The highest BCUT2D eigenvalue weighted by molar-refractivity contribution is 5.92. The van der Waals surface area contributed by atoms with Gasteiger partial charge in [0.05, 0.1) is 5.56 Å². The summed E-state index contributed by atoms with van der Waals surface area (Å²) in [6, 6.07) is 14.0. The lowest BCUT2D eigenvalue weighted by atomic mass is 9.99. The zero-order chi connectivity index (χ0) is 16.8. The first kappa shape index (κ1) is 16.5. The predicted molar refractivity (Wildman–Crippen MR) is 87.7 cm³/mol. The van der Waals surface area contributed by atoms with E-state index < -0.39 is 12.1 Å². The third-order valence-electron chi connectivity index (χ3n) is 3.37. The number of hydrogen-bond donors (Lipinski definition) is 2. The third-order valence-corrected chi connectivity index (χ3v) is 3.37. The molecule has 2 rings (SSSR count). The lowest BCUT2D eigenvalue weighted by molar-refractivity contribution is 0.0696. The highest BCUT2D eigenvalue weighted by Crippen LogP contribution is 2.25. The Kier molecular flexibility index (Phi) is 5.36. The van der Waals surface area contributed by atoms with E-state index in [0.29, 0.717) is 5.69 Å². The second-order valence-corrected chi connectivity index (χ2v) is 5.45. The van der Waals surface area contributed by atoms with E-state index in [9.17, 15) is 9.59 Å². The van der Waals surface area contributed by atoms with Crippen LogP contribution in [0, 0.1) is 0 Å². The number of hydrogen-bond acceptors (Lipinski definition) is 3. The molecule has 5 nitrogen and oxygen atoms in total. The topological polar surface area (TPSA) is 75.6 Å². The summed E-state index contributed by atoms with van der Waals surface area (Å²) in [7, 11) is 0. The number of benzene rings is 2. The van der Waals surface area contributed by atoms with Gasteiger partial charge in [0.1, 0.15) is 6.61 Å². The van der Waals surface area contributed by atoms with Crippen LogP contribution in [0.25, 0.3) is 0 Å². The van der Waals surface area contributed by atoms with Crippen LogP contribution in [0.2, 0.25) is 0 Å². The monoisotopic (exact) mass is 313 g/mol. The van der Waals surface area contributed by atoms with Crippen molar-refractivity contribution >= 4 is 17.7 Å². The molecule has 2 aromatic carbocycles. The Bertz CT molecular complexity index is 695. The van der Waals surface area contributed by atoms with Crippen molar-refractivity contribution in [1.82, 2.24) is 0 Å². The molecular formula is C18H19NO4. The van der Waals surface area contributed by atoms with Gasteiger partial charge in [0.2, 0.25) is 0 Å². The first-order valence-electron chi connectivity index (χ1n) is 7.32. The van der Waals surface area contributed by atoms with Gasteiger partial charge in [-0.25, -0.2) is 9.59 Å². The smallest absolute Gasteiger partial charge is 0.411 e. The van der Waals surface area contributed by atoms with Crippen LogP contribution in [0.5, 0.6) is 0 Å². The Balaban J connectivity index is 2.09. The average Bonchev–Trinajstić information content (AvgIpc) is 2.53. The highest BCUT2D eigenvalue weighted by atomic mass is 16.5. The number of carbonyl (C=O) groups excluding carboxylic acids is 1. The van der Waals surface area contributed by atoms with Crippen LogP contribution >= 0.6 is 0 Å². The maximum absolute atomic E-state index is 12.0. The van der Waals surface area contributed by atoms with Crippen LogP contribution in [0.15, 0.2) is 48.5 Å². The highest BCUT2D eigenvalue weighted by Gasteiger charge is 2.14. The Morgan fingerprint density at radius 1 is 1.13 bits per heavy atom. The maximum Gasteiger partial charge on any atom is 0.411 e. The van der Waals surface area contributed by atoms with E-state index in [4.69, 9.17) is 9.84 Å². The van der Waals surface area contributed by atoms with E-state index in [1.54, 1.807) is 6.07 Å². The number of amides is 1. The fraction of sp³-hybridized carbons (Fsp3) is 0.222. The zero-order valence-electron chi connectivity index (χ0n) is 13.1. The molecule has 1 amide bonds. The van der Waals surface area contributed by atoms with Crippen molar-refractivity contribution in [2.24, 2.45) is 0 Å². The lowest BCUT2D eigenvalue weighted by Gasteiger charge is -2.14. The fourth-order valence-electron chi connectivity index (χ4n) is 2.17. The van der Waals surface area contributed by atoms with Crippen molar-refractivity contribution in [2.45, 2.75) is 26.4 Å². The van der Waals surface area contributed by atoms with Gasteiger partial charge in [-0.2, -0.15) is 0 Å². The summed E-state index contributed by atoms with van der Waals surface area (Å²) in [6.45, 7) is 4.09. The summed E-state index contributed by atoms with van der Waals surface area (Å²) in [5.41, 5.74) is 2.31. The van der Waals surface area contributed by atoms with Gasteiger partial charge >= 0.3 is 12.1 Å². The predicted octanol–water partition coefficient (Wildman–Crippen LogP) is 4.26. The molecule has 0 heterocycles. The molecule has 0 atom stereocenters. The number of nitrogens with one attached hydrogen (secondary N) is 1. The van der Waals surface area contributed by atoms with E-state index in [1.807, 2.05) is 44.2 Å². The van der Waals surface area contributed by atoms with Gasteiger partial charge in [-0.1, -0.05) is 50.2 Å². The summed E-state index contributed by atoms with van der Waals surface area (Å²) in [5, 5.41) is 11.7. The lowest BCUT2D eigenvalue weighted by Crippen LogP contribution is -2.15. The van der Waals surface area contributed by atoms with Crippen molar-refractivity contribution in [2.75, 3.05) is 5.32 Å². The van der Waals surface area contributed by atoms with Gasteiger partial charge in [0, 0.05) is 5.69 Å². The minimum atomic E-state index is -1.04. The van der Waals surface area contributed by atoms with Crippen molar-refractivity contribution in [3.63, 3.8) is 0 Å². The Labute approximate surface area is 134 Å². The number of aromatic carboxylic acids is 1. The maximum atomic E-state index is 12.0. The van der Waals surface area contributed by atoms with Crippen LogP contribution < -0.4 is 5.32 Å². The molecule has 0 aliphatic rings. The van der Waals surface area contributed by atoms with E-state index in [-0.39, 0.29) is 18.1 Å². The van der Waals surface area contributed by atoms with Gasteiger partial charge in [-0.3, -0.25) is 5.32 Å². The summed E-state index contributed by atoms with van der Waals surface area (Å²) in [4.78, 5) is 23.0. The normalized spacial score (nSPS) is 10.4. The Morgan fingerprint density at radius 2 is 1.83 bits per heavy atom. The van der Waals surface area contributed by atoms with Crippen LogP contribution in [0.1, 0.15) is 41.3 Å². The summed E-state index contributed by atoms with van der Waals surface area (Å²) in [6.07, 6.45) is -0.613. The fourth-order valence-corrected chi connectivity index (χ4v) is 2.17. The van der Waals surface area contributed by atoms with Gasteiger partial charge in [-0.05, 0) is 29.2 Å². The van der Waals surface area contributed by atoms with Crippen LogP contribution in [0.4, 0.5) is 10.5 Å². The average molecular weight is 313 g/mol. The number of carbonyl (C=O) groups is 2. The Morgan fingerprint density at radius 3 is 2.43 bits per heavy atom. The summed E-state index contributed by atoms with van der Waals surface area (Å²) >= 11 is 0. The molecule has 2 N–H and O–H groups in total. The second-order valence-electron chi connectivity index (χ2n) is 5.45. The third kappa shape index (κ3) is 4.57. The SMILES string of the molecule is CC(C)c1ccc(C(=O)O)cc1NC(=O)OCc1ccccc1. The molecule has 0 aliphatic heterocycles. The number of carboxylic acid groups (broad SMARTS) is 1. The number of rotatable bonds is 5. The quantitative estimate of drug-likeness (QED) is 0.865. The van der Waals surface area contributed by atoms with Crippen molar-refractivity contribution in [3.8, 4) is 0 Å². The van der Waals surface area contributed by atoms with Crippen molar-refractivity contribution in [3.05, 3.63) is 65.2 Å². The Hall–Kier alpha value is -2.82. The van der Waals surface area contributed by atoms with Gasteiger partial charge < -0.3 is 9.84 Å². The summed E-state index contributed by atoms with van der Waals surface area (Å²) < 4.78 is 5.17. The second kappa shape index (κ2) is 7.45. The molecule has 120 valence electrons. The number of carboxylic acids is 1. The molecule has 23 heavy (non-hydrogen) atoms. The number of anilines is 1. The zero-order valence-corrected chi connectivity index (χ0v) is 13.1. The van der Waals surface area contributed by atoms with Crippen LogP contribution in [0.3, 0.4) is 0 Å². The molecular weight excluding hydrogens is 294 g/mol. The van der Waals surface area contributed by atoms with E-state index in [0.717, 1.165) is 11.1 Å². The number of ether oxygens (including phenoxy) is 1. The minimum absolute atomic E-state index is 0.118. The minimum Gasteiger partial charge on any atom is -0.478 e. The van der Waals surface area contributed by atoms with E-state index in [2.05, 4.69) is 5.32 Å². The molecule has 0 radical (unpaired) electrons. The molecule has 0 bridgehead atoms. The molecule has 0 saturated carbocycles. The van der Waals surface area contributed by atoms with Gasteiger partial charge in [0.15, 0.2) is 0 Å². The van der Waals surface area contributed by atoms with Crippen molar-refractivity contribution in [1.29, 1.82) is 0 Å². The molecule has 0 saturated heterocycles. The molecule has 2 aromatic rings. The standard InChI is InChI=1S/C18H19NO4/c1-12(2)15-9-8-14(17(20)21)10-16(15)19-18(22)23-11-13-6-4-3-5-7-13/h3-10,12H,11H2,1-2H3,(H,19,22)(H,20,21). The molecule has 0 spiro atoms. The van der Waals surface area contributed by atoms with Crippen LogP contribution in [-0.4, -0.2) is 17.2 Å². The molecule has 0 fully saturated rings. The molecule has 0 aliphatic carbocycles. The molecule has 5 heteroatoms.